The molecule has 4 aliphatic rings. The first-order valence-corrected chi connectivity index (χ1v) is 11.8. The summed E-state index contributed by atoms with van der Waals surface area (Å²) in [6.45, 7) is 3.76. The van der Waals surface area contributed by atoms with Crippen molar-refractivity contribution < 1.29 is 20.1 Å². The molecular weight excluding hydrogens is 388 g/mol. The summed E-state index contributed by atoms with van der Waals surface area (Å²) in [5.41, 5.74) is 1.59. The Balaban J connectivity index is 1.61. The van der Waals surface area contributed by atoms with Gasteiger partial charge in [0.05, 0.1) is 6.10 Å². The van der Waals surface area contributed by atoms with E-state index >= 15 is 0 Å². The van der Waals surface area contributed by atoms with Crippen LogP contribution in [0.1, 0.15) is 63.9 Å². The third kappa shape index (κ3) is 2.74. The Morgan fingerprint density at radius 3 is 2.61 bits per heavy atom. The fourth-order valence-electron chi connectivity index (χ4n) is 7.75. The highest BCUT2D eigenvalue weighted by Gasteiger charge is 2.68. The molecule has 4 nitrogen and oxygen atoms in total. The smallest absolute Gasteiger partial charge is 0.190 e. The molecule has 4 aliphatic carbocycles. The molecule has 0 heterocycles. The average molecular weight is 423 g/mol. The predicted molar refractivity (Wildman–Crippen MR) is 119 cm³/mol. The standard InChI is InChI=1S/C27H34O4/c1-25-12-10-19(29)14-18(25)8-9-20-21(25)11-13-26(2)23(20)15-22(17-6-4-3-5-7-17)27(26,31)24(30)16-28/h3-7,11,14,19-20,22-23,28-29,31H,8-10,12-13,15-16H2,1-2H3/t19?,20?,22-,23?,25-,26-,27-/m0/s1. The average Bonchev–Trinajstić information content (AvgIpc) is 3.02. The lowest BCUT2D eigenvalue weighted by Crippen LogP contribution is -2.57. The summed E-state index contributed by atoms with van der Waals surface area (Å²) in [4.78, 5) is 13.1. The molecule has 0 amide bonds. The van der Waals surface area contributed by atoms with E-state index in [1.165, 1.54) is 11.1 Å². The van der Waals surface area contributed by atoms with E-state index in [-0.39, 0.29) is 23.4 Å². The van der Waals surface area contributed by atoms with Crippen LogP contribution in [0.5, 0.6) is 0 Å². The highest BCUT2D eigenvalue weighted by molar-refractivity contribution is 5.91. The molecule has 0 aromatic heterocycles. The Kier molecular flexibility index (Phi) is 4.85. The van der Waals surface area contributed by atoms with Gasteiger partial charge in [0, 0.05) is 16.7 Å². The summed E-state index contributed by atoms with van der Waals surface area (Å²) >= 11 is 0. The zero-order valence-corrected chi connectivity index (χ0v) is 18.6. The summed E-state index contributed by atoms with van der Waals surface area (Å²) in [5.74, 6) is -0.257. The van der Waals surface area contributed by atoms with Crippen LogP contribution in [-0.4, -0.2) is 39.4 Å². The second-order valence-corrected chi connectivity index (χ2v) is 10.7. The maximum absolute atomic E-state index is 13.1. The van der Waals surface area contributed by atoms with Gasteiger partial charge in [0.15, 0.2) is 5.78 Å². The van der Waals surface area contributed by atoms with Crippen LogP contribution >= 0.6 is 0 Å². The second kappa shape index (κ2) is 7.13. The highest BCUT2D eigenvalue weighted by Crippen LogP contribution is 2.68. The number of benzene rings is 1. The zero-order valence-electron chi connectivity index (χ0n) is 18.6. The number of aliphatic hydroxyl groups is 3. The highest BCUT2D eigenvalue weighted by atomic mass is 16.3. The molecule has 0 bridgehead atoms. The topological polar surface area (TPSA) is 77.8 Å². The minimum Gasteiger partial charge on any atom is -0.389 e. The molecule has 2 saturated carbocycles. The van der Waals surface area contributed by atoms with Gasteiger partial charge in [0.1, 0.15) is 12.2 Å². The van der Waals surface area contributed by atoms with Crippen LogP contribution in [0.25, 0.3) is 0 Å². The van der Waals surface area contributed by atoms with Crippen LogP contribution in [-0.2, 0) is 4.79 Å². The zero-order chi connectivity index (χ0) is 22.0. The van der Waals surface area contributed by atoms with E-state index in [0.717, 1.165) is 37.7 Å². The molecule has 3 N–H and O–H groups in total. The molecule has 31 heavy (non-hydrogen) atoms. The molecule has 4 heteroatoms. The van der Waals surface area contributed by atoms with Crippen LogP contribution in [0.15, 0.2) is 53.6 Å². The van der Waals surface area contributed by atoms with Gasteiger partial charge in [-0.05, 0) is 55.9 Å². The lowest BCUT2D eigenvalue weighted by Gasteiger charge is -2.55. The molecule has 1 aromatic carbocycles. The first-order chi connectivity index (χ1) is 14.8. The maximum Gasteiger partial charge on any atom is 0.190 e. The Morgan fingerprint density at radius 1 is 1.16 bits per heavy atom. The van der Waals surface area contributed by atoms with Gasteiger partial charge in [-0.1, -0.05) is 67.5 Å². The van der Waals surface area contributed by atoms with E-state index in [1.54, 1.807) is 0 Å². The number of hydrogen-bond donors (Lipinski definition) is 3. The fraction of sp³-hybridized carbons (Fsp3) is 0.593. The monoisotopic (exact) mass is 422 g/mol. The quantitative estimate of drug-likeness (QED) is 0.646. The van der Waals surface area contributed by atoms with Crippen LogP contribution in [0, 0.1) is 22.7 Å². The molecule has 0 aliphatic heterocycles. The molecule has 3 unspecified atom stereocenters. The van der Waals surface area contributed by atoms with Gasteiger partial charge in [-0.2, -0.15) is 0 Å². The number of ketones is 1. The number of carbonyl (C=O) groups is 1. The normalized spacial score (nSPS) is 43.9. The number of hydrogen-bond acceptors (Lipinski definition) is 4. The van der Waals surface area contributed by atoms with Gasteiger partial charge in [-0.15, -0.1) is 0 Å². The van der Waals surface area contributed by atoms with Gasteiger partial charge < -0.3 is 15.3 Å². The number of carbonyl (C=O) groups excluding carboxylic acids is 1. The first-order valence-electron chi connectivity index (χ1n) is 11.8. The number of fused-ring (bicyclic) bond motifs is 5. The van der Waals surface area contributed by atoms with Gasteiger partial charge in [0.2, 0.25) is 0 Å². The van der Waals surface area contributed by atoms with E-state index in [2.05, 4.69) is 26.0 Å². The second-order valence-electron chi connectivity index (χ2n) is 10.7. The largest absolute Gasteiger partial charge is 0.389 e. The minimum absolute atomic E-state index is 0.0204. The summed E-state index contributed by atoms with van der Waals surface area (Å²) in [6.07, 6.45) is 9.11. The molecule has 1 aromatic rings. The predicted octanol–water partition coefficient (Wildman–Crippen LogP) is 3.92. The molecule has 0 radical (unpaired) electrons. The molecular formula is C27H34O4. The number of rotatable bonds is 3. The molecule has 0 spiro atoms. The van der Waals surface area contributed by atoms with Crippen LogP contribution in [0.2, 0.25) is 0 Å². The van der Waals surface area contributed by atoms with Gasteiger partial charge in [-0.25, -0.2) is 0 Å². The maximum atomic E-state index is 13.1. The van der Waals surface area contributed by atoms with Gasteiger partial charge >= 0.3 is 0 Å². The molecule has 5 rings (SSSR count). The summed E-state index contributed by atoms with van der Waals surface area (Å²) in [6, 6.07) is 9.87. The third-order valence-electron chi connectivity index (χ3n) is 9.49. The van der Waals surface area contributed by atoms with Crippen molar-refractivity contribution in [1.82, 2.24) is 0 Å². The summed E-state index contributed by atoms with van der Waals surface area (Å²) in [5, 5.41) is 32.1. The van der Waals surface area contributed by atoms with Crippen molar-refractivity contribution in [2.45, 2.75) is 70.0 Å². The van der Waals surface area contributed by atoms with Crippen LogP contribution < -0.4 is 0 Å². The van der Waals surface area contributed by atoms with E-state index in [0.29, 0.717) is 12.3 Å². The number of Topliss-reactive ketones (excluding diaryl/α,β-unsaturated/α-hetero) is 1. The molecule has 166 valence electrons. The van der Waals surface area contributed by atoms with Crippen molar-refractivity contribution in [3.63, 3.8) is 0 Å². The summed E-state index contributed by atoms with van der Waals surface area (Å²) in [7, 11) is 0. The van der Waals surface area contributed by atoms with Crippen LogP contribution in [0.4, 0.5) is 0 Å². The van der Waals surface area contributed by atoms with Crippen molar-refractivity contribution in [3.8, 4) is 0 Å². The Hall–Kier alpha value is -1.75. The lowest BCUT2D eigenvalue weighted by atomic mass is 9.50. The van der Waals surface area contributed by atoms with Gasteiger partial charge in [-0.3, -0.25) is 4.79 Å². The van der Waals surface area contributed by atoms with E-state index in [1.807, 2.05) is 30.3 Å². The van der Waals surface area contributed by atoms with Crippen molar-refractivity contribution in [2.24, 2.45) is 22.7 Å². The van der Waals surface area contributed by atoms with Gasteiger partial charge in [0.25, 0.3) is 0 Å². The van der Waals surface area contributed by atoms with Crippen molar-refractivity contribution >= 4 is 5.78 Å². The fourth-order valence-corrected chi connectivity index (χ4v) is 7.75. The Labute approximate surface area is 184 Å². The first kappa shape index (κ1) is 21.1. The molecule has 2 fully saturated rings. The van der Waals surface area contributed by atoms with Crippen molar-refractivity contribution in [3.05, 3.63) is 59.2 Å². The molecule has 7 atom stereocenters. The van der Waals surface area contributed by atoms with Crippen molar-refractivity contribution in [1.29, 1.82) is 0 Å². The third-order valence-corrected chi connectivity index (χ3v) is 9.49. The lowest BCUT2D eigenvalue weighted by molar-refractivity contribution is -0.158. The van der Waals surface area contributed by atoms with E-state index < -0.39 is 23.4 Å². The number of allylic oxidation sites excluding steroid dienone is 3. The van der Waals surface area contributed by atoms with E-state index in [9.17, 15) is 20.1 Å². The summed E-state index contributed by atoms with van der Waals surface area (Å²) < 4.78 is 0. The molecule has 0 saturated heterocycles. The Bertz CT molecular complexity index is 949. The van der Waals surface area contributed by atoms with Crippen LogP contribution in [0.3, 0.4) is 0 Å². The van der Waals surface area contributed by atoms with Crippen molar-refractivity contribution in [2.75, 3.05) is 6.61 Å². The van der Waals surface area contributed by atoms with E-state index in [4.69, 9.17) is 0 Å². The number of aliphatic hydroxyl groups excluding tert-OH is 2. The SMILES string of the molecule is C[C@]12CCC(O)C=C1CCC1C2=CC[C@@]2(C)C1C[C@@H](c1ccccc1)[C@]2(O)C(=O)CO. The Morgan fingerprint density at radius 2 is 1.90 bits per heavy atom. The minimum atomic E-state index is -1.57.